The van der Waals surface area contributed by atoms with Crippen LogP contribution >= 0.6 is 0 Å². The number of carbonyl (C=O) groups is 4. The average molecular weight is 1760 g/mol. The van der Waals surface area contributed by atoms with Crippen LogP contribution in [0.3, 0.4) is 0 Å². The summed E-state index contributed by atoms with van der Waals surface area (Å²) in [6.45, 7) is 96.0. The molecule has 0 atom stereocenters. The molecule has 2 aliphatic carbocycles. The van der Waals surface area contributed by atoms with Crippen LogP contribution in [0.1, 0.15) is 328 Å². The lowest BCUT2D eigenvalue weighted by Crippen LogP contribution is -2.58. The SMILES string of the molecule is C.C.C.C.C.CC(C)(C)N1CC(CCC(=O)CCN2CCCCC2)C1.CC(C)(C)N1CC(CNC(=O)C2CC2)C1.CC(C)(C)N1CC(CNC(=O)C2CCC2)C1.CC(C)(C)NCCN.CC(C)(C)NCCN1CCCC1.CC(C)(C)NCCN1CCNCC1.CC(C)(C)NCCNC(=O)OC(C)(C)C.CN(C)CCNC(C)(C)C.CNCCNC(C)(C)C. The minimum absolute atomic E-state index is 0. The van der Waals surface area contributed by atoms with Gasteiger partial charge in [-0.15, -0.1) is 0 Å². The molecule has 13 N–H and O–H groups in total. The van der Waals surface area contributed by atoms with Crippen molar-refractivity contribution in [2.75, 3.05) is 211 Å². The van der Waals surface area contributed by atoms with E-state index >= 15 is 0 Å². The molecule has 6 aliphatic heterocycles. The lowest BCUT2D eigenvalue weighted by atomic mass is 9.84. The standard InChI is InChI=1S/C17H32N2O.C13H24N2O.C12H22N2O.C11H24N2O2.C10H23N3.C10H22N2.C8H20N2.C7H18N2.C6H16N2.5CH4/c1-17(2,3)19-13-15(14-19)7-8-16(20)9-12-18-10-5-4-6-11-18;1-13(2,3)15-8-10(9-15)7-14-12(16)11-5-4-6-11;1-12(2,3)14-7-9(8-14)6-13-11(15)10-4-5-10;1-10(2,3)13-8-7-12-9(14)15-11(4,5)6;1-10(2,3)12-6-9-13-7-4-11-5-8-13;1-10(2,3)11-6-9-12-7-4-5-8-12;1-8(2,3)9-6-7-10(4)5;1-7(2,3)9-6-5-8-4;1-6(2,3)8-5-4-7;;;;;/h15H,4-14H2,1-3H3;10-11H,4-9H2,1-3H3,(H,14,16);9-10H,4-8H2,1-3H3,(H,13,15);13H,7-8H2,1-6H3,(H,12,14);11-12H,4-9H2,1-3H3;11H,4-9H2,1-3H3;9H,6-7H2,1-5H3;8-9H,5-6H2,1-4H3;8H,4-5,7H2,1-3H3;5*1H4. The van der Waals surface area contributed by atoms with Gasteiger partial charge in [0.15, 0.2) is 0 Å². The number of rotatable bonds is 29. The molecule has 8 fully saturated rings. The third-order valence-corrected chi connectivity index (χ3v) is 21.3. The van der Waals surface area contributed by atoms with Gasteiger partial charge in [-0.25, -0.2) is 4.79 Å². The number of amides is 3. The predicted octanol–water partition coefficient (Wildman–Crippen LogP) is 14.5. The van der Waals surface area contributed by atoms with Crippen LogP contribution in [0.2, 0.25) is 0 Å². The summed E-state index contributed by atoms with van der Waals surface area (Å²) in [6, 6.07) is 0. The van der Waals surface area contributed by atoms with Crippen LogP contribution in [0.25, 0.3) is 0 Å². The van der Waals surface area contributed by atoms with E-state index in [9.17, 15) is 19.2 Å². The molecule has 3 amide bonds. The molecule has 742 valence electrons. The van der Waals surface area contributed by atoms with Crippen molar-refractivity contribution >= 4 is 23.7 Å². The largest absolute Gasteiger partial charge is 0.444 e. The van der Waals surface area contributed by atoms with Gasteiger partial charge in [-0.3, -0.25) is 34.0 Å². The number of hydrogen-bond donors (Lipinski definition) is 12. The lowest BCUT2D eigenvalue weighted by molar-refractivity contribution is -0.128. The third kappa shape index (κ3) is 78.8. The first kappa shape index (κ1) is 131. The van der Waals surface area contributed by atoms with Crippen LogP contribution < -0.4 is 64.2 Å². The van der Waals surface area contributed by atoms with Crippen molar-refractivity contribution < 1.29 is 23.9 Å². The molecule has 0 aromatic carbocycles. The summed E-state index contributed by atoms with van der Waals surface area (Å²) in [5.74, 6) is 3.83. The Hall–Kier alpha value is -2.76. The Balaban J connectivity index is -0.000000315. The van der Waals surface area contributed by atoms with Gasteiger partial charge in [0, 0.05) is 250 Å². The molecular weight excluding hydrogens is 1540 g/mol. The van der Waals surface area contributed by atoms with E-state index in [1.807, 2.05) is 27.8 Å². The quantitative estimate of drug-likeness (QED) is 0.0311. The highest BCUT2D eigenvalue weighted by Crippen LogP contribution is 2.31. The Morgan fingerprint density at radius 2 is 0.715 bits per heavy atom. The van der Waals surface area contributed by atoms with Gasteiger partial charge in [-0.05, 0) is 319 Å². The van der Waals surface area contributed by atoms with Gasteiger partial charge in [-0.1, -0.05) is 50.0 Å². The van der Waals surface area contributed by atoms with Crippen molar-refractivity contribution in [3.05, 3.63) is 0 Å². The van der Waals surface area contributed by atoms with Gasteiger partial charge in [0.25, 0.3) is 0 Å². The van der Waals surface area contributed by atoms with E-state index in [1.54, 1.807) is 0 Å². The highest BCUT2D eigenvalue weighted by Gasteiger charge is 2.38. The molecule has 8 rings (SSSR count). The maximum atomic E-state index is 12.0. The summed E-state index contributed by atoms with van der Waals surface area (Å²) in [5.41, 5.74) is 7.08. The van der Waals surface area contributed by atoms with E-state index in [2.05, 4.69) is 294 Å². The van der Waals surface area contributed by atoms with Crippen molar-refractivity contribution in [2.45, 2.75) is 384 Å². The van der Waals surface area contributed by atoms with Gasteiger partial charge in [0.2, 0.25) is 11.8 Å². The number of Topliss-reactive ketones (excluding diaryl/α,β-unsaturated/α-hetero) is 1. The summed E-state index contributed by atoms with van der Waals surface area (Å²) >= 11 is 0. The van der Waals surface area contributed by atoms with Crippen molar-refractivity contribution in [1.29, 1.82) is 0 Å². The summed E-state index contributed by atoms with van der Waals surface area (Å²) in [6.07, 6.45) is 14.8. The number of carbonyl (C=O) groups excluding carboxylic acids is 4. The first-order valence-corrected chi connectivity index (χ1v) is 46.8. The Morgan fingerprint density at radius 3 is 1.04 bits per heavy atom. The number of ketones is 1. The zero-order valence-electron chi connectivity index (χ0n) is 83.8. The van der Waals surface area contributed by atoms with E-state index < -0.39 is 5.60 Å². The van der Waals surface area contributed by atoms with Crippen LogP contribution in [-0.2, 0) is 19.1 Å². The van der Waals surface area contributed by atoms with Crippen LogP contribution in [0.15, 0.2) is 0 Å². The number of nitrogens with one attached hydrogen (secondary N) is 11. The van der Waals surface area contributed by atoms with Crippen LogP contribution in [0.4, 0.5) is 4.79 Å². The molecule has 24 heteroatoms. The van der Waals surface area contributed by atoms with E-state index in [-0.39, 0.29) is 93.4 Å². The summed E-state index contributed by atoms with van der Waals surface area (Å²) < 4.78 is 5.09. The van der Waals surface area contributed by atoms with Gasteiger partial charge in [-0.2, -0.15) is 0 Å². The predicted molar refractivity (Wildman–Crippen MR) is 541 cm³/mol. The third-order valence-electron chi connectivity index (χ3n) is 21.3. The molecule has 0 bridgehead atoms. The fourth-order valence-electron chi connectivity index (χ4n) is 13.2. The van der Waals surface area contributed by atoms with E-state index in [0.29, 0.717) is 47.4 Å². The van der Waals surface area contributed by atoms with Crippen molar-refractivity contribution in [3.63, 3.8) is 0 Å². The Bertz CT molecular complexity index is 2540. The molecule has 0 aromatic rings. The van der Waals surface area contributed by atoms with Gasteiger partial charge >= 0.3 is 6.09 Å². The van der Waals surface area contributed by atoms with Crippen LogP contribution in [0.5, 0.6) is 0 Å². The second-order valence-electron chi connectivity index (χ2n) is 45.3. The smallest absolute Gasteiger partial charge is 0.407 e. The molecular formula is C99H221N19O5. The molecule has 0 unspecified atom stereocenters. The highest BCUT2D eigenvalue weighted by molar-refractivity contribution is 5.81. The number of hydrogen-bond acceptors (Lipinski definition) is 21. The molecule has 8 aliphatic rings. The molecule has 0 aromatic heterocycles. The van der Waals surface area contributed by atoms with Crippen molar-refractivity contribution in [1.82, 2.24) is 92.8 Å². The zero-order valence-corrected chi connectivity index (χ0v) is 83.8. The van der Waals surface area contributed by atoms with E-state index in [1.165, 1.54) is 104 Å². The maximum Gasteiger partial charge on any atom is 0.407 e. The Labute approximate surface area is 766 Å². The number of ether oxygens (including phenoxy) is 1. The number of nitrogens with zero attached hydrogens (tertiary/aromatic N) is 7. The molecule has 0 radical (unpaired) electrons. The number of nitrogens with two attached hydrogens (primary N) is 1. The van der Waals surface area contributed by atoms with E-state index in [0.717, 1.165) is 169 Å². The molecule has 2 saturated carbocycles. The van der Waals surface area contributed by atoms with Gasteiger partial charge in [0.1, 0.15) is 11.4 Å². The number of piperidine rings is 1. The summed E-state index contributed by atoms with van der Waals surface area (Å²) in [5, 5.41) is 35.6. The first-order chi connectivity index (χ1) is 54.2. The summed E-state index contributed by atoms with van der Waals surface area (Å²) in [4.78, 5) is 63.3. The second-order valence-corrected chi connectivity index (χ2v) is 45.3. The normalized spacial score (nSPS) is 18.0. The molecule has 6 heterocycles. The fourth-order valence-corrected chi connectivity index (χ4v) is 13.2. The van der Waals surface area contributed by atoms with Gasteiger partial charge < -0.3 is 83.7 Å². The van der Waals surface area contributed by atoms with Gasteiger partial charge in [0.05, 0.1) is 0 Å². The molecule has 6 saturated heterocycles. The van der Waals surface area contributed by atoms with Crippen molar-refractivity contribution in [3.8, 4) is 0 Å². The zero-order chi connectivity index (χ0) is 90.4. The molecule has 123 heavy (non-hydrogen) atoms. The lowest BCUT2D eigenvalue weighted by Gasteiger charge is -2.48. The fraction of sp³-hybridized carbons (Fsp3) is 0.960. The molecule has 24 nitrogen and oxygen atoms in total. The van der Waals surface area contributed by atoms with E-state index in [4.69, 9.17) is 10.5 Å². The maximum absolute atomic E-state index is 12.0. The highest BCUT2D eigenvalue weighted by atomic mass is 16.6. The Morgan fingerprint density at radius 1 is 0.382 bits per heavy atom. The first-order valence-electron chi connectivity index (χ1n) is 46.8. The number of likely N-dealkylation sites (N-methyl/N-ethyl adjacent to an activating group) is 2. The number of alkyl carbamates (subject to hydrolysis) is 1. The Kier molecular flexibility index (Phi) is 70.0. The van der Waals surface area contributed by atoms with Crippen molar-refractivity contribution in [2.24, 2.45) is 35.3 Å². The minimum atomic E-state index is -0.429. The summed E-state index contributed by atoms with van der Waals surface area (Å²) in [7, 11) is 6.14. The molecule has 0 spiro atoms. The average Bonchev–Trinajstić information content (AvgIpc) is 1.70. The minimum Gasteiger partial charge on any atom is -0.444 e. The number of likely N-dealkylation sites (tertiary alicyclic amines) is 5. The van der Waals surface area contributed by atoms with Crippen LogP contribution in [0, 0.1) is 29.6 Å². The monoisotopic (exact) mass is 1760 g/mol. The topological polar surface area (TPSA) is 259 Å². The van der Waals surface area contributed by atoms with Crippen LogP contribution in [-0.4, -0.2) is 324 Å². The number of piperazine rings is 1. The second kappa shape index (κ2) is 65.7.